The Morgan fingerprint density at radius 3 is 2.37 bits per heavy atom. The molecule has 1 unspecified atom stereocenters. The van der Waals surface area contributed by atoms with Crippen molar-refractivity contribution in [2.75, 3.05) is 18.0 Å². The number of hydrogen-bond donors (Lipinski definition) is 0. The number of alkyl halides is 2. The van der Waals surface area contributed by atoms with Crippen LogP contribution in [0.5, 0.6) is 0 Å². The Morgan fingerprint density at radius 1 is 1.20 bits per heavy atom. The van der Waals surface area contributed by atoms with Gasteiger partial charge in [-0.15, -0.1) is 0 Å². The van der Waals surface area contributed by atoms with Crippen LogP contribution in [0, 0.1) is 17.8 Å². The Balaban J connectivity index is 1.95. The molecule has 1 fully saturated rings. The average Bonchev–Trinajstić information content (AvgIpc) is 3.20. The van der Waals surface area contributed by atoms with Crippen molar-refractivity contribution in [2.24, 2.45) is 17.8 Å². The van der Waals surface area contributed by atoms with E-state index in [1.807, 2.05) is 16.7 Å². The molecule has 1 saturated carbocycles. The number of fused-ring (bicyclic) bond motifs is 1. The number of aromatic nitrogens is 2. The zero-order valence-corrected chi connectivity index (χ0v) is 22.5. The Hall–Kier alpha value is -2.18. The molecule has 0 aromatic carbocycles. The molecular formula is C28H44F2N4O. The third-order valence-electron chi connectivity index (χ3n) is 8.35. The first-order chi connectivity index (χ1) is 16.6. The van der Waals surface area contributed by atoms with Crippen molar-refractivity contribution >= 4 is 11.7 Å². The summed E-state index contributed by atoms with van der Waals surface area (Å²) in [4.78, 5) is 16.0. The van der Waals surface area contributed by atoms with Gasteiger partial charge in [-0.3, -0.25) is 9.48 Å². The number of allylic oxidation sites excluding steroid dienone is 2. The first-order valence-corrected chi connectivity index (χ1v) is 13.4. The first kappa shape index (κ1) is 27.4. The zero-order valence-electron chi connectivity index (χ0n) is 22.5. The van der Waals surface area contributed by atoms with Gasteiger partial charge in [0.15, 0.2) is 5.82 Å². The van der Waals surface area contributed by atoms with Gasteiger partial charge in [-0.05, 0) is 68.4 Å². The normalized spacial score (nSPS) is 21.9. The van der Waals surface area contributed by atoms with Crippen LogP contribution in [-0.2, 0) is 17.8 Å². The van der Waals surface area contributed by atoms with E-state index in [1.54, 1.807) is 13.8 Å². The Bertz CT molecular complexity index is 928. The molecule has 7 heteroatoms. The van der Waals surface area contributed by atoms with Crippen molar-refractivity contribution < 1.29 is 13.6 Å². The van der Waals surface area contributed by atoms with Crippen LogP contribution in [0.3, 0.4) is 0 Å². The maximum atomic E-state index is 13.4. The predicted molar refractivity (Wildman–Crippen MR) is 139 cm³/mol. The number of nitrogens with zero attached hydrogens (tertiary/aromatic N) is 4. The first-order valence-electron chi connectivity index (χ1n) is 13.4. The number of likely N-dealkylation sites (N-methyl/N-ethyl adjacent to an activating group) is 1. The van der Waals surface area contributed by atoms with Crippen LogP contribution < -0.4 is 4.90 Å². The largest absolute Gasteiger partial charge is 0.338 e. The fourth-order valence-electron chi connectivity index (χ4n) is 5.73. The van der Waals surface area contributed by atoms with Crippen molar-refractivity contribution in [3.05, 3.63) is 35.2 Å². The van der Waals surface area contributed by atoms with Crippen molar-refractivity contribution in [1.82, 2.24) is 14.7 Å². The molecule has 1 atom stereocenters. The molecule has 1 aliphatic heterocycles. The van der Waals surface area contributed by atoms with Crippen molar-refractivity contribution in [3.8, 4) is 0 Å². The molecule has 0 saturated heterocycles. The lowest BCUT2D eigenvalue weighted by molar-refractivity contribution is -0.129. The van der Waals surface area contributed by atoms with Gasteiger partial charge in [0, 0.05) is 43.4 Å². The van der Waals surface area contributed by atoms with Crippen molar-refractivity contribution in [2.45, 2.75) is 99.1 Å². The molecule has 1 aliphatic carbocycles. The maximum Gasteiger partial charge on any atom is 0.260 e. The molecule has 0 N–H and O–H groups in total. The topological polar surface area (TPSA) is 41.4 Å². The number of halogens is 2. The summed E-state index contributed by atoms with van der Waals surface area (Å²) in [5.41, 5.74) is 2.82. The molecule has 1 aromatic heterocycles. The second-order valence-electron chi connectivity index (χ2n) is 10.7. The van der Waals surface area contributed by atoms with Gasteiger partial charge in [0.1, 0.15) is 0 Å². The molecule has 5 nitrogen and oxygen atoms in total. The molecule has 0 spiro atoms. The van der Waals surface area contributed by atoms with Crippen LogP contribution in [0.4, 0.5) is 14.6 Å². The lowest BCUT2D eigenvalue weighted by Gasteiger charge is -2.35. The predicted octanol–water partition coefficient (Wildman–Crippen LogP) is 6.75. The highest BCUT2D eigenvalue weighted by Gasteiger charge is 2.34. The van der Waals surface area contributed by atoms with Crippen LogP contribution in [-0.4, -0.2) is 40.1 Å². The fraction of sp³-hybridized carbons (Fsp3) is 0.714. The number of carbonyl (C=O) groups is 1. The smallest absolute Gasteiger partial charge is 0.260 e. The quantitative estimate of drug-likeness (QED) is 0.360. The van der Waals surface area contributed by atoms with E-state index in [9.17, 15) is 13.6 Å². The number of amides is 1. The molecule has 196 valence electrons. The van der Waals surface area contributed by atoms with E-state index in [1.165, 1.54) is 24.6 Å². The van der Waals surface area contributed by atoms with Gasteiger partial charge in [0.2, 0.25) is 5.91 Å². The lowest BCUT2D eigenvalue weighted by atomic mass is 9.75. The minimum Gasteiger partial charge on any atom is -0.338 e. The maximum absolute atomic E-state index is 13.4. The summed E-state index contributed by atoms with van der Waals surface area (Å²) in [7, 11) is 0. The summed E-state index contributed by atoms with van der Waals surface area (Å²) in [5, 5.41) is 5.11. The Labute approximate surface area is 210 Å². The van der Waals surface area contributed by atoms with E-state index in [2.05, 4.69) is 32.0 Å². The van der Waals surface area contributed by atoms with Crippen LogP contribution in [0.15, 0.2) is 23.9 Å². The fourth-order valence-corrected chi connectivity index (χ4v) is 5.73. The van der Waals surface area contributed by atoms with E-state index in [4.69, 9.17) is 5.10 Å². The van der Waals surface area contributed by atoms with E-state index >= 15 is 0 Å². The van der Waals surface area contributed by atoms with Crippen LogP contribution in [0.25, 0.3) is 0 Å². The second-order valence-corrected chi connectivity index (χ2v) is 10.7. The molecule has 2 heterocycles. The minimum atomic E-state index is -2.50. The number of rotatable bonds is 9. The standard InChI is InChI=1S/C28H44F2N4O/c1-8-22(27(29)30)16-19(5)33(9-2)28-25-17-32(21(7)35)15-14-26(25)34(31-28)24-12-10-23(11-13-24)20(6)18(3)4/h16,18,20,23-24,27H,5,8-15,17H2,1-4,6-7H3/b22-16+. The minimum absolute atomic E-state index is 0.0465. The van der Waals surface area contributed by atoms with Gasteiger partial charge >= 0.3 is 0 Å². The molecule has 1 aromatic rings. The number of carbonyl (C=O) groups excluding carboxylic acids is 1. The van der Waals surface area contributed by atoms with Crippen LogP contribution in [0.2, 0.25) is 0 Å². The molecular weight excluding hydrogens is 446 g/mol. The lowest BCUT2D eigenvalue weighted by Crippen LogP contribution is -2.36. The van der Waals surface area contributed by atoms with Crippen LogP contribution in [0.1, 0.15) is 90.9 Å². The highest BCUT2D eigenvalue weighted by Crippen LogP contribution is 2.41. The number of hydrogen-bond acceptors (Lipinski definition) is 3. The third-order valence-corrected chi connectivity index (χ3v) is 8.35. The zero-order chi connectivity index (χ0) is 25.9. The SMILES string of the molecule is C=C(/C=C(\CC)C(F)F)N(CC)c1nn(C2CCC(C(C)C(C)C)CC2)c2c1CN(C(C)=O)CC2. The molecule has 35 heavy (non-hydrogen) atoms. The van der Waals surface area contributed by atoms with E-state index in [0.29, 0.717) is 37.3 Å². The molecule has 2 aliphatic rings. The highest BCUT2D eigenvalue weighted by atomic mass is 19.3. The summed E-state index contributed by atoms with van der Waals surface area (Å²) in [6, 6.07) is 0.340. The molecule has 3 rings (SSSR count). The van der Waals surface area contributed by atoms with Gasteiger partial charge in [0.25, 0.3) is 6.43 Å². The molecule has 0 bridgehead atoms. The van der Waals surface area contributed by atoms with Gasteiger partial charge in [0.05, 0.1) is 12.6 Å². The van der Waals surface area contributed by atoms with E-state index in [0.717, 1.165) is 42.5 Å². The van der Waals surface area contributed by atoms with Gasteiger partial charge in [-0.25, -0.2) is 8.78 Å². The summed E-state index contributed by atoms with van der Waals surface area (Å²) in [5.74, 6) is 2.97. The van der Waals surface area contributed by atoms with Crippen molar-refractivity contribution in [1.29, 1.82) is 0 Å². The molecule has 1 amide bonds. The van der Waals surface area contributed by atoms with Crippen LogP contribution >= 0.6 is 0 Å². The third kappa shape index (κ3) is 5.97. The average molecular weight is 491 g/mol. The van der Waals surface area contributed by atoms with E-state index < -0.39 is 6.43 Å². The van der Waals surface area contributed by atoms with Gasteiger partial charge in [-0.2, -0.15) is 5.10 Å². The Morgan fingerprint density at radius 2 is 1.86 bits per heavy atom. The highest BCUT2D eigenvalue weighted by molar-refractivity contribution is 5.74. The molecule has 0 radical (unpaired) electrons. The monoisotopic (exact) mass is 490 g/mol. The summed E-state index contributed by atoms with van der Waals surface area (Å²) < 4.78 is 29.1. The number of anilines is 1. The second kappa shape index (κ2) is 11.7. The summed E-state index contributed by atoms with van der Waals surface area (Å²) >= 11 is 0. The van der Waals surface area contributed by atoms with E-state index in [-0.39, 0.29) is 17.9 Å². The van der Waals surface area contributed by atoms with Gasteiger partial charge < -0.3 is 9.80 Å². The summed E-state index contributed by atoms with van der Waals surface area (Å²) in [6.45, 7) is 18.2. The van der Waals surface area contributed by atoms with Gasteiger partial charge in [-0.1, -0.05) is 34.3 Å². The summed E-state index contributed by atoms with van der Waals surface area (Å²) in [6.07, 6.45) is 4.65. The Kier molecular flexibility index (Phi) is 9.16. The van der Waals surface area contributed by atoms with Crippen molar-refractivity contribution in [3.63, 3.8) is 0 Å².